The quantitative estimate of drug-likeness (QED) is 0.731. The molecule has 1 atom stereocenters. The highest BCUT2D eigenvalue weighted by atomic mass is 14.7. The summed E-state index contributed by atoms with van der Waals surface area (Å²) in [4.78, 5) is 3.43. The number of aryl methyl sites for hydroxylation is 1. The molecule has 0 amide bonds. The summed E-state index contributed by atoms with van der Waals surface area (Å²) >= 11 is 0. The van der Waals surface area contributed by atoms with Crippen molar-refractivity contribution in [2.75, 3.05) is 0 Å². The summed E-state index contributed by atoms with van der Waals surface area (Å²) < 4.78 is 0. The maximum atomic E-state index is 6.33. The van der Waals surface area contributed by atoms with E-state index in [0.717, 1.165) is 6.42 Å². The first-order valence-electron chi connectivity index (χ1n) is 6.62. The molecule has 0 radical (unpaired) electrons. The highest BCUT2D eigenvalue weighted by molar-refractivity contribution is 5.84. The van der Waals surface area contributed by atoms with Gasteiger partial charge in [-0.25, -0.2) is 0 Å². The number of nitrogens with one attached hydrogen (secondary N) is 1. The van der Waals surface area contributed by atoms with Crippen LogP contribution in [0, 0.1) is 6.92 Å². The summed E-state index contributed by atoms with van der Waals surface area (Å²) in [5, 5.41) is 1.28. The fraction of sp³-hybridized carbons (Fsp3) is 0.176. The first-order valence-corrected chi connectivity index (χ1v) is 6.62. The van der Waals surface area contributed by atoms with Crippen LogP contribution in [0.1, 0.15) is 22.9 Å². The summed E-state index contributed by atoms with van der Waals surface area (Å²) in [7, 11) is 0. The smallest absolute Gasteiger partial charge is 0.0458 e. The number of aromatic amines is 1. The highest BCUT2D eigenvalue weighted by Crippen LogP contribution is 2.26. The molecule has 1 aromatic heterocycles. The number of hydrogen-bond donors (Lipinski definition) is 2. The van der Waals surface area contributed by atoms with Gasteiger partial charge in [0.2, 0.25) is 0 Å². The lowest BCUT2D eigenvalue weighted by molar-refractivity contribution is 0.722. The number of rotatable bonds is 3. The molecular formula is C17H18N2. The number of benzene rings is 2. The Morgan fingerprint density at radius 3 is 2.47 bits per heavy atom. The van der Waals surface area contributed by atoms with Crippen molar-refractivity contribution in [2.24, 2.45) is 5.73 Å². The fourth-order valence-corrected chi connectivity index (χ4v) is 2.64. The van der Waals surface area contributed by atoms with Crippen LogP contribution in [0.4, 0.5) is 0 Å². The monoisotopic (exact) mass is 250 g/mol. The standard InChI is InChI=1S/C17H18N2/c1-12-15(14-9-5-6-10-17(14)19-12)11-16(18)13-7-3-2-4-8-13/h2-10,16,19H,11,18H2,1H3. The molecule has 0 aliphatic carbocycles. The topological polar surface area (TPSA) is 41.8 Å². The van der Waals surface area contributed by atoms with Gasteiger partial charge in [0.25, 0.3) is 0 Å². The molecule has 0 saturated carbocycles. The molecule has 0 saturated heterocycles. The molecule has 0 aliphatic rings. The van der Waals surface area contributed by atoms with Crippen LogP contribution in [-0.2, 0) is 6.42 Å². The van der Waals surface area contributed by atoms with E-state index in [-0.39, 0.29) is 6.04 Å². The van der Waals surface area contributed by atoms with Gasteiger partial charge in [-0.3, -0.25) is 0 Å². The second-order valence-corrected chi connectivity index (χ2v) is 5.00. The first-order chi connectivity index (χ1) is 9.25. The van der Waals surface area contributed by atoms with Crippen molar-refractivity contribution in [1.82, 2.24) is 4.98 Å². The molecule has 3 rings (SSSR count). The summed E-state index contributed by atoms with van der Waals surface area (Å²) in [5.41, 5.74) is 11.3. The van der Waals surface area contributed by atoms with Gasteiger partial charge in [0.15, 0.2) is 0 Å². The Bertz CT molecular complexity index is 683. The SMILES string of the molecule is Cc1[nH]c2ccccc2c1CC(N)c1ccccc1. The van der Waals surface area contributed by atoms with E-state index in [2.05, 4.69) is 48.3 Å². The zero-order chi connectivity index (χ0) is 13.2. The lowest BCUT2D eigenvalue weighted by atomic mass is 9.98. The second-order valence-electron chi connectivity index (χ2n) is 5.00. The molecule has 1 heterocycles. The van der Waals surface area contributed by atoms with E-state index in [1.54, 1.807) is 0 Å². The maximum Gasteiger partial charge on any atom is 0.0458 e. The van der Waals surface area contributed by atoms with Crippen molar-refractivity contribution in [1.29, 1.82) is 0 Å². The number of fused-ring (bicyclic) bond motifs is 1. The molecule has 0 aliphatic heterocycles. The lowest BCUT2D eigenvalue weighted by Crippen LogP contribution is -2.13. The minimum Gasteiger partial charge on any atom is -0.358 e. The zero-order valence-electron chi connectivity index (χ0n) is 11.1. The van der Waals surface area contributed by atoms with E-state index in [9.17, 15) is 0 Å². The summed E-state index contributed by atoms with van der Waals surface area (Å²) in [5.74, 6) is 0. The van der Waals surface area contributed by atoms with Gasteiger partial charge in [0, 0.05) is 22.6 Å². The van der Waals surface area contributed by atoms with Gasteiger partial charge < -0.3 is 10.7 Å². The van der Waals surface area contributed by atoms with E-state index < -0.39 is 0 Å². The highest BCUT2D eigenvalue weighted by Gasteiger charge is 2.13. The van der Waals surface area contributed by atoms with Gasteiger partial charge in [-0.05, 0) is 30.5 Å². The average molecular weight is 250 g/mol. The lowest BCUT2D eigenvalue weighted by Gasteiger charge is -2.12. The van der Waals surface area contributed by atoms with Gasteiger partial charge in [-0.2, -0.15) is 0 Å². The number of H-pyrrole nitrogens is 1. The van der Waals surface area contributed by atoms with E-state index in [4.69, 9.17) is 5.73 Å². The van der Waals surface area contributed by atoms with Crippen LogP contribution >= 0.6 is 0 Å². The third-order valence-electron chi connectivity index (χ3n) is 3.68. The molecule has 2 nitrogen and oxygen atoms in total. The number of aromatic nitrogens is 1. The van der Waals surface area contributed by atoms with Gasteiger partial charge in [0.1, 0.15) is 0 Å². The Hall–Kier alpha value is -2.06. The Kier molecular flexibility index (Phi) is 3.10. The largest absolute Gasteiger partial charge is 0.358 e. The van der Waals surface area contributed by atoms with Crippen LogP contribution in [0.5, 0.6) is 0 Å². The minimum absolute atomic E-state index is 0.0408. The summed E-state index contributed by atoms with van der Waals surface area (Å²) in [6, 6.07) is 18.7. The van der Waals surface area contributed by atoms with Gasteiger partial charge in [-0.15, -0.1) is 0 Å². The molecule has 19 heavy (non-hydrogen) atoms. The zero-order valence-corrected chi connectivity index (χ0v) is 11.1. The summed E-state index contributed by atoms with van der Waals surface area (Å²) in [6.07, 6.45) is 0.861. The predicted octanol–water partition coefficient (Wildman–Crippen LogP) is 3.72. The molecule has 1 unspecified atom stereocenters. The minimum atomic E-state index is 0.0408. The van der Waals surface area contributed by atoms with Crippen LogP contribution < -0.4 is 5.73 Å². The van der Waals surface area contributed by atoms with E-state index in [1.165, 1.54) is 27.7 Å². The maximum absolute atomic E-state index is 6.33. The molecule has 2 aromatic carbocycles. The van der Waals surface area contributed by atoms with Gasteiger partial charge in [0.05, 0.1) is 0 Å². The van der Waals surface area contributed by atoms with Crippen LogP contribution in [0.25, 0.3) is 10.9 Å². The van der Waals surface area contributed by atoms with Crippen LogP contribution in [-0.4, -0.2) is 4.98 Å². The van der Waals surface area contributed by atoms with Gasteiger partial charge in [-0.1, -0.05) is 48.5 Å². The normalized spacial score (nSPS) is 12.7. The van der Waals surface area contributed by atoms with E-state index >= 15 is 0 Å². The number of para-hydroxylation sites is 1. The fourth-order valence-electron chi connectivity index (χ4n) is 2.64. The molecular weight excluding hydrogens is 232 g/mol. The first kappa shape index (κ1) is 12.0. The third kappa shape index (κ3) is 2.27. The van der Waals surface area contributed by atoms with E-state index in [0.29, 0.717) is 0 Å². The van der Waals surface area contributed by atoms with Crippen LogP contribution in [0.15, 0.2) is 54.6 Å². The predicted molar refractivity (Wildman–Crippen MR) is 80.1 cm³/mol. The Balaban J connectivity index is 1.95. The Morgan fingerprint density at radius 2 is 1.68 bits per heavy atom. The third-order valence-corrected chi connectivity index (χ3v) is 3.68. The van der Waals surface area contributed by atoms with Crippen LogP contribution in [0.3, 0.4) is 0 Å². The molecule has 0 bridgehead atoms. The van der Waals surface area contributed by atoms with Crippen LogP contribution in [0.2, 0.25) is 0 Å². The summed E-state index contributed by atoms with van der Waals surface area (Å²) in [6.45, 7) is 2.12. The molecule has 3 N–H and O–H groups in total. The van der Waals surface area contributed by atoms with Crippen molar-refractivity contribution < 1.29 is 0 Å². The van der Waals surface area contributed by atoms with E-state index in [1.807, 2.05) is 18.2 Å². The number of nitrogens with two attached hydrogens (primary N) is 1. The second kappa shape index (κ2) is 4.90. The van der Waals surface area contributed by atoms with Crippen molar-refractivity contribution in [3.05, 3.63) is 71.4 Å². The Morgan fingerprint density at radius 1 is 1.00 bits per heavy atom. The molecule has 0 spiro atoms. The van der Waals surface area contributed by atoms with Gasteiger partial charge >= 0.3 is 0 Å². The van der Waals surface area contributed by atoms with Crippen molar-refractivity contribution in [3.8, 4) is 0 Å². The average Bonchev–Trinajstić information content (AvgIpc) is 2.76. The van der Waals surface area contributed by atoms with Crippen molar-refractivity contribution in [2.45, 2.75) is 19.4 Å². The number of hydrogen-bond acceptors (Lipinski definition) is 1. The Labute approximate surface area is 113 Å². The van der Waals surface area contributed by atoms with Crippen molar-refractivity contribution in [3.63, 3.8) is 0 Å². The molecule has 3 aromatic rings. The molecule has 96 valence electrons. The molecule has 2 heteroatoms. The molecule has 0 fully saturated rings. The van der Waals surface area contributed by atoms with Crippen molar-refractivity contribution >= 4 is 10.9 Å².